The summed E-state index contributed by atoms with van der Waals surface area (Å²) < 4.78 is 0. The van der Waals surface area contributed by atoms with Crippen molar-refractivity contribution < 1.29 is 59.4 Å². The van der Waals surface area contributed by atoms with E-state index in [-0.39, 0.29) is 50.3 Å². The molecule has 45 heavy (non-hydrogen) atoms. The summed E-state index contributed by atoms with van der Waals surface area (Å²) in [4.78, 5) is 69.4. The zero-order chi connectivity index (χ0) is 34.9. The molecule has 0 heterocycles. The van der Waals surface area contributed by atoms with Gasteiger partial charge in [0.1, 0.15) is 11.1 Å². The maximum Gasteiger partial charge on any atom is 0.221 e. The molecule has 0 aliphatic heterocycles. The monoisotopic (exact) mass is 653 g/mol. The average Bonchev–Trinajstić information content (AvgIpc) is 3.02. The van der Waals surface area contributed by atoms with Crippen molar-refractivity contribution in [3.63, 3.8) is 0 Å². The van der Waals surface area contributed by atoms with Gasteiger partial charge in [-0.3, -0.25) is 28.8 Å². The first-order valence-electron chi connectivity index (χ1n) is 14.3. The largest absolute Gasteiger partial charge is 0.394 e. The maximum absolute atomic E-state index is 11.9. The number of hydrogen-bond acceptors (Lipinski definition) is 13. The van der Waals surface area contributed by atoms with Crippen LogP contribution in [-0.4, -0.2) is 154 Å². The molecule has 6 amide bonds. The van der Waals surface area contributed by atoms with Crippen LogP contribution >= 0.6 is 0 Å². The average molecular weight is 654 g/mol. The maximum atomic E-state index is 11.9. The first-order chi connectivity index (χ1) is 21.2. The number of hydrogen-bond donors (Lipinski definition) is 12. The van der Waals surface area contributed by atoms with Crippen LogP contribution < -0.4 is 32.7 Å². The highest BCUT2D eigenvalue weighted by atomic mass is 16.3. The Hall–Kier alpha value is -3.46. The Morgan fingerprint density at radius 2 is 0.822 bits per heavy atom. The van der Waals surface area contributed by atoms with Crippen molar-refractivity contribution in [2.45, 2.75) is 56.5 Å². The fourth-order valence-corrected chi connectivity index (χ4v) is 3.27. The molecule has 0 aromatic heterocycles. The van der Waals surface area contributed by atoms with Gasteiger partial charge in [-0.1, -0.05) is 6.92 Å². The lowest BCUT2D eigenvalue weighted by Crippen LogP contribution is -2.57. The van der Waals surface area contributed by atoms with E-state index < -0.39 is 74.3 Å². The second-order valence-corrected chi connectivity index (χ2v) is 10.2. The van der Waals surface area contributed by atoms with E-state index in [9.17, 15) is 44.1 Å². The van der Waals surface area contributed by atoms with Gasteiger partial charge in [0.05, 0.1) is 39.6 Å². The summed E-state index contributed by atoms with van der Waals surface area (Å²) in [6.07, 6.45) is -0.425. The van der Waals surface area contributed by atoms with Crippen molar-refractivity contribution in [3.8, 4) is 0 Å². The molecule has 0 saturated heterocycles. The number of rotatable bonds is 24. The van der Waals surface area contributed by atoms with E-state index in [1.807, 2.05) is 11.8 Å². The molecule has 0 bridgehead atoms. The van der Waals surface area contributed by atoms with Crippen molar-refractivity contribution in [3.05, 3.63) is 0 Å². The Morgan fingerprint density at radius 3 is 1.11 bits per heavy atom. The van der Waals surface area contributed by atoms with Gasteiger partial charge in [-0.2, -0.15) is 0 Å². The Morgan fingerprint density at radius 1 is 0.533 bits per heavy atom. The number of aliphatic hydroxyl groups excluding tert-OH is 6. The third-order valence-electron chi connectivity index (χ3n) is 6.35. The van der Waals surface area contributed by atoms with Crippen LogP contribution in [0.1, 0.15) is 45.4 Å². The van der Waals surface area contributed by atoms with E-state index in [4.69, 9.17) is 26.8 Å². The first kappa shape index (κ1) is 43.7. The van der Waals surface area contributed by atoms with Crippen LogP contribution in [0.5, 0.6) is 0 Å². The molecule has 0 aliphatic carbocycles. The number of carbonyl (C=O) groups is 6. The molecule has 0 rings (SSSR count). The summed E-state index contributed by atoms with van der Waals surface area (Å²) in [5.41, 5.74) is 6.86. The van der Waals surface area contributed by atoms with Crippen molar-refractivity contribution in [1.82, 2.24) is 26.2 Å². The van der Waals surface area contributed by atoms with Crippen LogP contribution in [0.15, 0.2) is 0 Å². The van der Waals surface area contributed by atoms with Crippen LogP contribution in [0.2, 0.25) is 0 Å². The molecule has 19 nitrogen and oxygen atoms in total. The molecule has 0 saturated carbocycles. The number of likely N-dealkylation sites (N-methyl/N-ethyl adjacent to an activating group) is 1. The second kappa shape index (κ2) is 24.8. The van der Waals surface area contributed by atoms with Crippen LogP contribution in [0.3, 0.4) is 0 Å². The van der Waals surface area contributed by atoms with E-state index in [0.29, 0.717) is 32.7 Å². The molecule has 0 aromatic carbocycles. The summed E-state index contributed by atoms with van der Waals surface area (Å²) in [6.45, 7) is 0.866. The zero-order valence-electron chi connectivity index (χ0n) is 25.8. The zero-order valence-corrected chi connectivity index (χ0v) is 25.8. The topological polar surface area (TPSA) is 327 Å². The van der Waals surface area contributed by atoms with Gasteiger partial charge in [-0.05, 0) is 6.54 Å². The molecule has 0 aromatic rings. The van der Waals surface area contributed by atoms with Crippen molar-refractivity contribution in [2.75, 3.05) is 72.4 Å². The molecule has 0 fully saturated rings. The Labute approximate surface area is 261 Å². The molecular weight excluding hydrogens is 602 g/mol. The van der Waals surface area contributed by atoms with Crippen LogP contribution in [0, 0.1) is 0 Å². The van der Waals surface area contributed by atoms with E-state index in [0.717, 1.165) is 0 Å². The van der Waals surface area contributed by atoms with E-state index >= 15 is 0 Å². The number of amides is 6. The van der Waals surface area contributed by atoms with Crippen LogP contribution in [0.25, 0.3) is 0 Å². The minimum absolute atomic E-state index is 0.00830. The predicted molar refractivity (Wildman–Crippen MR) is 158 cm³/mol. The highest BCUT2D eigenvalue weighted by Gasteiger charge is 2.30. The molecule has 0 unspecified atom stereocenters. The third-order valence-corrected chi connectivity index (χ3v) is 6.35. The van der Waals surface area contributed by atoms with Crippen molar-refractivity contribution in [2.24, 2.45) is 11.5 Å². The summed E-state index contributed by atoms with van der Waals surface area (Å²) in [7, 11) is 0. The molecule has 262 valence electrons. The standard InChI is InChI=1S/C18H35N5O7.C8H16N2O5/c1-2-23(9-7-20-15(28)4-3-14(19)27)10-8-21-16(29)5-6-17(30)22-18(11-24,12-25)13-26;9-6(14)1-2-7(15)10-8(3-11,4-12)5-13/h24-26H,2-13H2,1H3,(H2,19,27)(H,20,28)(H,21,29)(H,22,30);11-13H,1-5H2,(H2,9,14)(H,10,15). The number of aliphatic hydroxyl groups is 6. The quantitative estimate of drug-likeness (QED) is 0.0462. The molecule has 19 heteroatoms. The van der Waals surface area contributed by atoms with E-state index in [1.165, 1.54) is 0 Å². The van der Waals surface area contributed by atoms with Gasteiger partial charge >= 0.3 is 0 Å². The third kappa shape index (κ3) is 21.0. The summed E-state index contributed by atoms with van der Waals surface area (Å²) in [5, 5.41) is 64.1. The fraction of sp³-hybridized carbons (Fsp3) is 0.769. The lowest BCUT2D eigenvalue weighted by Gasteiger charge is -2.28. The molecule has 14 N–H and O–H groups in total. The SMILES string of the molecule is CCN(CCNC(=O)CCC(N)=O)CCNC(=O)CCC(=O)NC(CO)(CO)CO.NC(=O)CCC(=O)NC(CO)(CO)CO. The second-order valence-electron chi connectivity index (χ2n) is 10.2. The van der Waals surface area contributed by atoms with Crippen molar-refractivity contribution >= 4 is 35.4 Å². The number of primary amides is 2. The van der Waals surface area contributed by atoms with E-state index in [2.05, 4.69) is 21.3 Å². The number of carbonyl (C=O) groups excluding carboxylic acids is 6. The van der Waals surface area contributed by atoms with Gasteiger partial charge < -0.3 is 68.3 Å². The van der Waals surface area contributed by atoms with Gasteiger partial charge in [0.2, 0.25) is 35.4 Å². The molecule has 0 spiro atoms. The molecule has 0 aliphatic rings. The highest BCUT2D eigenvalue weighted by molar-refractivity contribution is 5.84. The fourth-order valence-electron chi connectivity index (χ4n) is 3.27. The summed E-state index contributed by atoms with van der Waals surface area (Å²) in [6, 6.07) is 0. The number of nitrogens with one attached hydrogen (secondary N) is 4. The van der Waals surface area contributed by atoms with Crippen LogP contribution in [-0.2, 0) is 28.8 Å². The highest BCUT2D eigenvalue weighted by Crippen LogP contribution is 2.04. The number of nitrogens with two attached hydrogens (primary N) is 2. The minimum Gasteiger partial charge on any atom is -0.394 e. The lowest BCUT2D eigenvalue weighted by molar-refractivity contribution is -0.129. The van der Waals surface area contributed by atoms with E-state index in [1.54, 1.807) is 0 Å². The Kier molecular flexibility index (Phi) is 24.1. The molecular formula is C26H51N7O12. The van der Waals surface area contributed by atoms with Gasteiger partial charge in [0.25, 0.3) is 0 Å². The Bertz CT molecular complexity index is 898. The molecule has 0 radical (unpaired) electrons. The normalized spacial score (nSPS) is 11.2. The molecule has 0 atom stereocenters. The summed E-state index contributed by atoms with van der Waals surface area (Å²) >= 11 is 0. The smallest absolute Gasteiger partial charge is 0.221 e. The van der Waals surface area contributed by atoms with Gasteiger partial charge in [-0.25, -0.2) is 0 Å². The van der Waals surface area contributed by atoms with Gasteiger partial charge in [0.15, 0.2) is 0 Å². The van der Waals surface area contributed by atoms with Gasteiger partial charge in [0, 0.05) is 64.7 Å². The lowest BCUT2D eigenvalue weighted by atomic mass is 10.0. The first-order valence-corrected chi connectivity index (χ1v) is 14.3. The Balaban J connectivity index is 0. The van der Waals surface area contributed by atoms with Gasteiger partial charge in [-0.15, -0.1) is 0 Å². The summed E-state index contributed by atoms with van der Waals surface area (Å²) in [5.74, 6) is -2.85. The van der Waals surface area contributed by atoms with Crippen LogP contribution in [0.4, 0.5) is 0 Å². The number of nitrogens with zero attached hydrogens (tertiary/aromatic N) is 1. The van der Waals surface area contributed by atoms with Crippen molar-refractivity contribution in [1.29, 1.82) is 0 Å². The predicted octanol–water partition coefficient (Wildman–Crippen LogP) is -6.50. The minimum atomic E-state index is -1.51.